The molecule has 0 bridgehead atoms. The zero-order valence-electron chi connectivity index (χ0n) is 12.1. The molecule has 0 radical (unpaired) electrons. The predicted molar refractivity (Wildman–Crippen MR) is 69.9 cm³/mol. The third-order valence-electron chi connectivity index (χ3n) is 2.09. The molecular formula is C12H22N2O6. The first-order chi connectivity index (χ1) is 9.06. The molecule has 0 aromatic carbocycles. The van der Waals surface area contributed by atoms with Gasteiger partial charge in [-0.15, -0.1) is 0 Å². The van der Waals surface area contributed by atoms with E-state index in [1.807, 2.05) is 0 Å². The monoisotopic (exact) mass is 290 g/mol. The molecule has 116 valence electrons. The van der Waals surface area contributed by atoms with Gasteiger partial charge in [0, 0.05) is 7.11 Å². The third kappa shape index (κ3) is 7.70. The molecule has 0 saturated heterocycles. The molecule has 0 spiro atoms. The van der Waals surface area contributed by atoms with E-state index in [0.29, 0.717) is 0 Å². The van der Waals surface area contributed by atoms with E-state index >= 15 is 0 Å². The number of carbonyl (C=O) groups is 3. The van der Waals surface area contributed by atoms with Gasteiger partial charge >= 0.3 is 11.9 Å². The van der Waals surface area contributed by atoms with Gasteiger partial charge in [0.1, 0.15) is 17.7 Å². The van der Waals surface area contributed by atoms with Crippen LogP contribution in [0.4, 0.5) is 0 Å². The number of carboxylic acids is 1. The summed E-state index contributed by atoms with van der Waals surface area (Å²) in [4.78, 5) is 34.2. The van der Waals surface area contributed by atoms with Crippen molar-refractivity contribution in [2.75, 3.05) is 13.7 Å². The van der Waals surface area contributed by atoms with Crippen LogP contribution in [0.5, 0.6) is 0 Å². The van der Waals surface area contributed by atoms with Crippen molar-refractivity contribution >= 4 is 17.8 Å². The van der Waals surface area contributed by atoms with Crippen molar-refractivity contribution in [3.05, 3.63) is 0 Å². The van der Waals surface area contributed by atoms with Crippen LogP contribution >= 0.6 is 0 Å². The summed E-state index contributed by atoms with van der Waals surface area (Å²) in [5.74, 6) is -2.76. The van der Waals surface area contributed by atoms with Crippen LogP contribution in [-0.4, -0.2) is 54.4 Å². The van der Waals surface area contributed by atoms with Crippen molar-refractivity contribution < 1.29 is 29.0 Å². The fourth-order valence-corrected chi connectivity index (χ4v) is 1.28. The largest absolute Gasteiger partial charge is 0.480 e. The lowest BCUT2D eigenvalue weighted by Crippen LogP contribution is -2.51. The summed E-state index contributed by atoms with van der Waals surface area (Å²) in [6, 6.07) is -2.39. The summed E-state index contributed by atoms with van der Waals surface area (Å²) in [5, 5.41) is 11.2. The molecule has 20 heavy (non-hydrogen) atoms. The maximum Gasteiger partial charge on any atom is 0.326 e. The summed E-state index contributed by atoms with van der Waals surface area (Å²) < 4.78 is 9.69. The Bertz CT molecular complexity index is 363. The number of aliphatic carboxylic acids is 1. The second-order valence-corrected chi connectivity index (χ2v) is 5.25. The van der Waals surface area contributed by atoms with Crippen molar-refractivity contribution in [2.45, 2.75) is 44.9 Å². The Morgan fingerprint density at radius 3 is 2.25 bits per heavy atom. The van der Waals surface area contributed by atoms with Crippen LogP contribution in [0, 0.1) is 0 Å². The van der Waals surface area contributed by atoms with Crippen LogP contribution in [0.1, 0.15) is 27.2 Å². The summed E-state index contributed by atoms with van der Waals surface area (Å²) in [5.41, 5.74) is 4.74. The van der Waals surface area contributed by atoms with Crippen molar-refractivity contribution in [1.29, 1.82) is 0 Å². The van der Waals surface area contributed by atoms with Crippen LogP contribution in [0.2, 0.25) is 0 Å². The number of esters is 1. The molecule has 4 N–H and O–H groups in total. The zero-order valence-corrected chi connectivity index (χ0v) is 12.1. The molecule has 0 aliphatic carbocycles. The van der Waals surface area contributed by atoms with Crippen LogP contribution in [-0.2, 0) is 23.9 Å². The van der Waals surface area contributed by atoms with Gasteiger partial charge < -0.3 is 25.6 Å². The average Bonchev–Trinajstić information content (AvgIpc) is 2.25. The zero-order chi connectivity index (χ0) is 15.9. The van der Waals surface area contributed by atoms with E-state index in [4.69, 9.17) is 15.6 Å². The second kappa shape index (κ2) is 7.81. The number of hydrogen-bond donors (Lipinski definition) is 3. The number of carboxylic acid groups (broad SMARTS) is 1. The maximum atomic E-state index is 11.6. The third-order valence-corrected chi connectivity index (χ3v) is 2.09. The van der Waals surface area contributed by atoms with E-state index in [1.165, 1.54) is 7.11 Å². The SMILES string of the molecule is COCC(N)C(=O)N[C@@H](CC(=O)OC(C)(C)C)C(=O)O. The number of carbonyl (C=O) groups excluding carboxylic acids is 2. The molecule has 0 fully saturated rings. The molecule has 8 heteroatoms. The molecular weight excluding hydrogens is 268 g/mol. The predicted octanol–water partition coefficient (Wildman–Crippen LogP) is -0.739. The molecule has 8 nitrogen and oxygen atoms in total. The second-order valence-electron chi connectivity index (χ2n) is 5.25. The van der Waals surface area contributed by atoms with E-state index in [0.717, 1.165) is 0 Å². The molecule has 2 atom stereocenters. The number of hydrogen-bond acceptors (Lipinski definition) is 6. The standard InChI is InChI=1S/C12H22N2O6/c1-12(2,3)20-9(15)5-8(11(17)18)14-10(16)7(13)6-19-4/h7-8H,5-6,13H2,1-4H3,(H,14,16)(H,17,18)/t7?,8-/m0/s1. The van der Waals surface area contributed by atoms with E-state index in [1.54, 1.807) is 20.8 Å². The summed E-state index contributed by atoms with van der Waals surface area (Å²) in [6.07, 6.45) is -0.474. The number of nitrogens with one attached hydrogen (secondary N) is 1. The maximum absolute atomic E-state index is 11.6. The van der Waals surface area contributed by atoms with Gasteiger partial charge in [-0.05, 0) is 20.8 Å². The number of methoxy groups -OCH3 is 1. The van der Waals surface area contributed by atoms with Gasteiger partial charge in [-0.3, -0.25) is 9.59 Å². The minimum Gasteiger partial charge on any atom is -0.480 e. The highest BCUT2D eigenvalue weighted by molar-refractivity contribution is 5.89. The highest BCUT2D eigenvalue weighted by atomic mass is 16.6. The summed E-state index contributed by atoms with van der Waals surface area (Å²) in [6.45, 7) is 4.93. The van der Waals surface area contributed by atoms with Crippen molar-refractivity contribution in [1.82, 2.24) is 5.32 Å². The molecule has 0 aliphatic heterocycles. The van der Waals surface area contributed by atoms with E-state index < -0.39 is 42.0 Å². The lowest BCUT2D eigenvalue weighted by atomic mass is 10.1. The summed E-state index contributed by atoms with van der Waals surface area (Å²) >= 11 is 0. The minimum atomic E-state index is -1.39. The Morgan fingerprint density at radius 1 is 1.30 bits per heavy atom. The van der Waals surface area contributed by atoms with Gasteiger partial charge in [-0.2, -0.15) is 0 Å². The normalized spacial score (nSPS) is 14.2. The minimum absolute atomic E-state index is 0.0510. The highest BCUT2D eigenvalue weighted by Crippen LogP contribution is 2.09. The molecule has 0 aromatic rings. The first kappa shape index (κ1) is 18.3. The van der Waals surface area contributed by atoms with Crippen molar-refractivity contribution in [3.8, 4) is 0 Å². The van der Waals surface area contributed by atoms with Gasteiger partial charge in [0.15, 0.2) is 0 Å². The van der Waals surface area contributed by atoms with E-state index in [2.05, 4.69) is 10.1 Å². The quantitative estimate of drug-likeness (QED) is 0.527. The number of rotatable bonds is 7. The van der Waals surface area contributed by atoms with Crippen molar-refractivity contribution in [3.63, 3.8) is 0 Å². The molecule has 0 heterocycles. The Morgan fingerprint density at radius 2 is 1.85 bits per heavy atom. The van der Waals surface area contributed by atoms with Gasteiger partial charge in [-0.1, -0.05) is 0 Å². The lowest BCUT2D eigenvalue weighted by molar-refractivity contribution is -0.158. The molecule has 1 unspecified atom stereocenters. The Hall–Kier alpha value is -1.67. The van der Waals surface area contributed by atoms with Crippen LogP contribution in [0.25, 0.3) is 0 Å². The Balaban J connectivity index is 4.56. The number of nitrogens with two attached hydrogens (primary N) is 1. The number of amides is 1. The fourth-order valence-electron chi connectivity index (χ4n) is 1.28. The Labute approximate surface area is 117 Å². The van der Waals surface area contributed by atoms with Gasteiger partial charge in [-0.25, -0.2) is 4.79 Å². The molecule has 0 aromatic heterocycles. The fraction of sp³-hybridized carbons (Fsp3) is 0.750. The Kier molecular flexibility index (Phi) is 7.16. The van der Waals surface area contributed by atoms with Crippen molar-refractivity contribution in [2.24, 2.45) is 5.73 Å². The molecule has 0 saturated carbocycles. The highest BCUT2D eigenvalue weighted by Gasteiger charge is 2.28. The number of ether oxygens (including phenoxy) is 2. The molecule has 0 aliphatic rings. The first-order valence-corrected chi connectivity index (χ1v) is 6.06. The lowest BCUT2D eigenvalue weighted by Gasteiger charge is -2.22. The van der Waals surface area contributed by atoms with Gasteiger partial charge in [0.25, 0.3) is 0 Å². The topological polar surface area (TPSA) is 128 Å². The van der Waals surface area contributed by atoms with Gasteiger partial charge in [0.2, 0.25) is 5.91 Å². The van der Waals surface area contributed by atoms with Gasteiger partial charge in [0.05, 0.1) is 13.0 Å². The molecule has 1 amide bonds. The van der Waals surface area contributed by atoms with Crippen LogP contribution in [0.15, 0.2) is 0 Å². The van der Waals surface area contributed by atoms with E-state index in [9.17, 15) is 14.4 Å². The first-order valence-electron chi connectivity index (χ1n) is 6.06. The molecule has 0 rings (SSSR count). The van der Waals surface area contributed by atoms with Crippen LogP contribution < -0.4 is 11.1 Å². The average molecular weight is 290 g/mol. The smallest absolute Gasteiger partial charge is 0.326 e. The van der Waals surface area contributed by atoms with E-state index in [-0.39, 0.29) is 6.61 Å². The van der Waals surface area contributed by atoms with Crippen LogP contribution in [0.3, 0.4) is 0 Å². The summed E-state index contributed by atoms with van der Waals surface area (Å²) in [7, 11) is 1.36.